The van der Waals surface area contributed by atoms with Crippen LogP contribution in [-0.4, -0.2) is 29.3 Å². The lowest BCUT2D eigenvalue weighted by molar-refractivity contribution is -0.114. The number of nitrogens with one attached hydrogen (secondary N) is 2. The summed E-state index contributed by atoms with van der Waals surface area (Å²) in [5.74, 6) is -1.22. The first-order valence-corrected chi connectivity index (χ1v) is 15.3. The van der Waals surface area contributed by atoms with Crippen molar-refractivity contribution in [3.63, 3.8) is 0 Å². The van der Waals surface area contributed by atoms with Crippen molar-refractivity contribution < 1.29 is 26.0 Å². The summed E-state index contributed by atoms with van der Waals surface area (Å²) in [5, 5.41) is 2.63. The van der Waals surface area contributed by atoms with Gasteiger partial charge < -0.3 is 5.32 Å². The quantitative estimate of drug-likeness (QED) is 0.235. The molecule has 0 atom stereocenters. The fourth-order valence-electron chi connectivity index (χ4n) is 3.60. The van der Waals surface area contributed by atoms with Crippen LogP contribution in [0.1, 0.15) is 5.56 Å². The average molecular weight is 623 g/mol. The zero-order valence-electron chi connectivity index (χ0n) is 20.8. The summed E-state index contributed by atoms with van der Waals surface area (Å²) in [5.41, 5.74) is 1.25. The van der Waals surface area contributed by atoms with Gasteiger partial charge >= 0.3 is 0 Å². The van der Waals surface area contributed by atoms with E-state index in [0.717, 1.165) is 22.0 Å². The molecular weight excluding hydrogens is 600 g/mol. The number of nitrogens with zero attached hydrogens (tertiary/aromatic N) is 1. The fraction of sp³-hybridized carbons (Fsp3) is 0.0741. The highest BCUT2D eigenvalue weighted by atomic mass is 35.5. The van der Waals surface area contributed by atoms with Crippen LogP contribution < -0.4 is 14.3 Å². The SMILES string of the molecule is Cc1ccc(S(=O)(=O)N(CC(=O)Nc2ccc(S(=O)(=O)Nc3ccc(F)cc3)cc2)c2cccc(Cl)c2Cl)cc1. The lowest BCUT2D eigenvalue weighted by Crippen LogP contribution is -2.38. The largest absolute Gasteiger partial charge is 0.325 e. The van der Waals surface area contributed by atoms with E-state index in [2.05, 4.69) is 10.0 Å². The van der Waals surface area contributed by atoms with Crippen molar-refractivity contribution in [2.24, 2.45) is 0 Å². The molecule has 0 aliphatic carbocycles. The van der Waals surface area contributed by atoms with Crippen LogP contribution in [0.25, 0.3) is 0 Å². The summed E-state index contributed by atoms with van der Waals surface area (Å²) in [6.45, 7) is 1.16. The molecule has 208 valence electrons. The van der Waals surface area contributed by atoms with Crippen LogP contribution in [0.15, 0.2) is 101 Å². The molecule has 0 unspecified atom stereocenters. The lowest BCUT2D eigenvalue weighted by atomic mass is 10.2. The third kappa shape index (κ3) is 6.73. The van der Waals surface area contributed by atoms with Crippen LogP contribution in [0.4, 0.5) is 21.5 Å². The smallest absolute Gasteiger partial charge is 0.264 e. The van der Waals surface area contributed by atoms with Gasteiger partial charge in [-0.05, 0) is 79.7 Å². The van der Waals surface area contributed by atoms with Gasteiger partial charge in [-0.2, -0.15) is 0 Å². The Kier molecular flexibility index (Phi) is 8.69. The summed E-state index contributed by atoms with van der Waals surface area (Å²) in [4.78, 5) is 12.9. The molecule has 0 aromatic heterocycles. The number of benzene rings is 4. The highest BCUT2D eigenvalue weighted by Gasteiger charge is 2.29. The van der Waals surface area contributed by atoms with Gasteiger partial charge in [0.25, 0.3) is 20.0 Å². The number of hydrogen-bond acceptors (Lipinski definition) is 5. The van der Waals surface area contributed by atoms with Gasteiger partial charge in [-0.3, -0.25) is 13.8 Å². The van der Waals surface area contributed by atoms with Gasteiger partial charge in [0.2, 0.25) is 5.91 Å². The Morgan fingerprint density at radius 3 is 2.00 bits per heavy atom. The molecule has 13 heteroatoms. The van der Waals surface area contributed by atoms with Crippen molar-refractivity contribution in [3.8, 4) is 0 Å². The van der Waals surface area contributed by atoms with Crippen LogP contribution in [0, 0.1) is 12.7 Å². The number of carbonyl (C=O) groups excluding carboxylic acids is 1. The molecular formula is C27H22Cl2FN3O5S2. The molecule has 4 aromatic carbocycles. The normalized spacial score (nSPS) is 11.6. The Labute approximate surface area is 241 Å². The van der Waals surface area contributed by atoms with Crippen LogP contribution in [0.3, 0.4) is 0 Å². The number of amides is 1. The topological polar surface area (TPSA) is 113 Å². The highest BCUT2D eigenvalue weighted by Crippen LogP contribution is 2.35. The maximum Gasteiger partial charge on any atom is 0.264 e. The molecule has 0 bridgehead atoms. The van der Waals surface area contributed by atoms with E-state index in [0.29, 0.717) is 0 Å². The molecule has 0 saturated carbocycles. The summed E-state index contributed by atoms with van der Waals surface area (Å²) in [6.07, 6.45) is 0. The van der Waals surface area contributed by atoms with Crippen LogP contribution in [0.2, 0.25) is 10.0 Å². The molecule has 4 rings (SSSR count). The Morgan fingerprint density at radius 1 is 0.800 bits per heavy atom. The second-order valence-corrected chi connectivity index (χ2v) is 12.9. The molecule has 0 aliphatic heterocycles. The molecule has 0 aliphatic rings. The molecule has 1 amide bonds. The van der Waals surface area contributed by atoms with E-state index in [4.69, 9.17) is 23.2 Å². The van der Waals surface area contributed by atoms with Crippen LogP contribution in [0.5, 0.6) is 0 Å². The number of sulfonamides is 2. The van der Waals surface area contributed by atoms with E-state index in [-0.39, 0.29) is 36.9 Å². The third-order valence-electron chi connectivity index (χ3n) is 5.64. The number of anilines is 3. The number of hydrogen-bond donors (Lipinski definition) is 2. The Balaban J connectivity index is 1.56. The third-order valence-corrected chi connectivity index (χ3v) is 9.62. The van der Waals surface area contributed by atoms with E-state index in [9.17, 15) is 26.0 Å². The van der Waals surface area contributed by atoms with Gasteiger partial charge in [-0.25, -0.2) is 21.2 Å². The Morgan fingerprint density at radius 2 is 1.38 bits per heavy atom. The van der Waals surface area contributed by atoms with Crippen molar-refractivity contribution in [2.75, 3.05) is 20.9 Å². The molecule has 8 nitrogen and oxygen atoms in total. The predicted molar refractivity (Wildman–Crippen MR) is 154 cm³/mol. The van der Waals surface area contributed by atoms with Gasteiger partial charge in [0.15, 0.2) is 0 Å². The van der Waals surface area contributed by atoms with Gasteiger partial charge in [0, 0.05) is 11.4 Å². The van der Waals surface area contributed by atoms with Crippen LogP contribution >= 0.6 is 23.2 Å². The number of carbonyl (C=O) groups is 1. The first-order valence-electron chi connectivity index (χ1n) is 11.6. The molecule has 0 fully saturated rings. The molecule has 0 spiro atoms. The van der Waals surface area contributed by atoms with Gasteiger partial charge in [0.05, 0.1) is 25.5 Å². The maximum absolute atomic E-state index is 13.6. The molecule has 0 radical (unpaired) electrons. The Hall–Kier alpha value is -3.64. The van der Waals surface area contributed by atoms with Crippen molar-refractivity contribution in [2.45, 2.75) is 16.7 Å². The van der Waals surface area contributed by atoms with E-state index < -0.39 is 38.3 Å². The maximum atomic E-state index is 13.6. The zero-order chi connectivity index (χ0) is 29.1. The molecule has 40 heavy (non-hydrogen) atoms. The van der Waals surface area contributed by atoms with E-state index in [1.54, 1.807) is 12.1 Å². The average Bonchev–Trinajstić information content (AvgIpc) is 2.91. The zero-order valence-corrected chi connectivity index (χ0v) is 24.0. The standard InChI is InChI=1S/C27H22Cl2FN3O5S2/c1-18-5-13-23(14-6-18)40(37,38)33(25-4-2-3-24(28)27(25)29)17-26(34)31-20-11-15-22(16-12-20)39(35,36)32-21-9-7-19(30)8-10-21/h2-16,32H,17H2,1H3,(H,31,34). The second-order valence-electron chi connectivity index (χ2n) is 8.58. The summed E-state index contributed by atoms with van der Waals surface area (Å²) in [6, 6.07) is 20.6. The molecule has 4 aromatic rings. The van der Waals surface area contributed by atoms with E-state index >= 15 is 0 Å². The van der Waals surface area contributed by atoms with Gasteiger partial charge in [-0.1, -0.05) is 47.0 Å². The second kappa shape index (κ2) is 11.8. The van der Waals surface area contributed by atoms with Crippen molar-refractivity contribution >= 4 is 66.2 Å². The Bertz CT molecular complexity index is 1750. The molecule has 2 N–H and O–H groups in total. The first kappa shape index (κ1) is 29.3. The van der Waals surface area contributed by atoms with Gasteiger partial charge in [0.1, 0.15) is 12.4 Å². The highest BCUT2D eigenvalue weighted by molar-refractivity contribution is 7.93. The lowest BCUT2D eigenvalue weighted by Gasteiger charge is -2.25. The molecule has 0 heterocycles. The first-order chi connectivity index (χ1) is 18.9. The van der Waals surface area contributed by atoms with Crippen molar-refractivity contribution in [3.05, 3.63) is 112 Å². The van der Waals surface area contributed by atoms with Crippen LogP contribution in [-0.2, 0) is 24.8 Å². The minimum Gasteiger partial charge on any atom is -0.325 e. The van der Waals surface area contributed by atoms with Crippen molar-refractivity contribution in [1.29, 1.82) is 0 Å². The number of halogens is 3. The monoisotopic (exact) mass is 621 g/mol. The van der Waals surface area contributed by atoms with E-state index in [1.165, 1.54) is 66.7 Å². The van der Waals surface area contributed by atoms with Crippen molar-refractivity contribution in [1.82, 2.24) is 0 Å². The fourth-order valence-corrected chi connectivity index (χ4v) is 6.54. The minimum absolute atomic E-state index is 0.0122. The predicted octanol–water partition coefficient (Wildman–Crippen LogP) is 6.08. The molecule has 0 saturated heterocycles. The number of rotatable bonds is 9. The number of aryl methyl sites for hydroxylation is 1. The van der Waals surface area contributed by atoms with Gasteiger partial charge in [-0.15, -0.1) is 0 Å². The summed E-state index contributed by atoms with van der Waals surface area (Å²) < 4.78 is 68.8. The summed E-state index contributed by atoms with van der Waals surface area (Å²) >= 11 is 12.5. The van der Waals surface area contributed by atoms with E-state index in [1.807, 2.05) is 6.92 Å². The summed E-state index contributed by atoms with van der Waals surface area (Å²) in [7, 11) is -8.23. The minimum atomic E-state index is -4.24.